The summed E-state index contributed by atoms with van der Waals surface area (Å²) in [5.41, 5.74) is 6.79. The zero-order chi connectivity index (χ0) is 26.5. The van der Waals surface area contributed by atoms with E-state index in [0.717, 1.165) is 40.4 Å². The molecule has 0 amide bonds. The lowest BCUT2D eigenvalue weighted by molar-refractivity contribution is -0.141. The SMILES string of the molecule is COC(=O)C[C@@H]1COc2cc(OCc3cccc(-c4c(C)cc(OC[C@@H]5CC=CCO5)cc4C)c3)ccc21. The summed E-state index contributed by atoms with van der Waals surface area (Å²) in [4.78, 5) is 11.7. The third-order valence-corrected chi connectivity index (χ3v) is 7.06. The Labute approximate surface area is 224 Å². The van der Waals surface area contributed by atoms with Gasteiger partial charge in [-0.25, -0.2) is 0 Å². The van der Waals surface area contributed by atoms with Crippen molar-refractivity contribution in [2.75, 3.05) is 26.9 Å². The minimum Gasteiger partial charge on any atom is -0.492 e. The Bertz CT molecular complexity index is 1300. The van der Waals surface area contributed by atoms with Crippen molar-refractivity contribution in [1.29, 1.82) is 0 Å². The number of hydrogen-bond acceptors (Lipinski definition) is 6. The van der Waals surface area contributed by atoms with Gasteiger partial charge in [0, 0.05) is 17.5 Å². The predicted octanol–water partition coefficient (Wildman–Crippen LogP) is 6.31. The van der Waals surface area contributed by atoms with Crippen LogP contribution in [-0.2, 0) is 20.9 Å². The highest BCUT2D eigenvalue weighted by Gasteiger charge is 2.27. The lowest BCUT2D eigenvalue weighted by Crippen LogP contribution is -2.23. The minimum absolute atomic E-state index is 0.0178. The van der Waals surface area contributed by atoms with Crippen LogP contribution in [0.3, 0.4) is 0 Å². The van der Waals surface area contributed by atoms with Gasteiger partial charge in [-0.3, -0.25) is 4.79 Å². The van der Waals surface area contributed by atoms with Crippen LogP contribution in [0.2, 0.25) is 0 Å². The van der Waals surface area contributed by atoms with Gasteiger partial charge in [0.1, 0.15) is 30.5 Å². The summed E-state index contributed by atoms with van der Waals surface area (Å²) in [5.74, 6) is 2.16. The molecule has 2 heterocycles. The third-order valence-electron chi connectivity index (χ3n) is 7.06. The molecule has 0 N–H and O–H groups in total. The highest BCUT2D eigenvalue weighted by Crippen LogP contribution is 2.39. The fourth-order valence-corrected chi connectivity index (χ4v) is 5.13. The summed E-state index contributed by atoms with van der Waals surface area (Å²) < 4.78 is 28.5. The standard InChI is InChI=1S/C32H34O6/c1-21-13-28(37-20-27-9-4-5-12-35-27)14-22(2)32(21)24-8-6-7-23(15-24)18-36-26-10-11-29-25(16-31(33)34-3)19-38-30(29)17-26/h4-8,10-11,13-15,17,25,27H,9,12,16,18-20H2,1-3H3/t25-,27+/m1/s1. The van der Waals surface area contributed by atoms with Crippen molar-refractivity contribution < 1.29 is 28.5 Å². The molecule has 2 aliphatic heterocycles. The highest BCUT2D eigenvalue weighted by molar-refractivity contribution is 5.72. The van der Waals surface area contributed by atoms with Crippen LogP contribution in [0, 0.1) is 13.8 Å². The summed E-state index contributed by atoms with van der Waals surface area (Å²) in [6, 6.07) is 18.5. The van der Waals surface area contributed by atoms with Crippen LogP contribution in [0.4, 0.5) is 0 Å². The van der Waals surface area contributed by atoms with E-state index < -0.39 is 0 Å². The first kappa shape index (κ1) is 25.9. The molecule has 3 aromatic carbocycles. The zero-order valence-electron chi connectivity index (χ0n) is 22.2. The Hall–Kier alpha value is -3.77. The second kappa shape index (κ2) is 11.7. The lowest BCUT2D eigenvalue weighted by Gasteiger charge is -2.20. The van der Waals surface area contributed by atoms with Gasteiger partial charge < -0.3 is 23.7 Å². The molecule has 0 unspecified atom stereocenters. The number of aryl methyl sites for hydroxylation is 2. The smallest absolute Gasteiger partial charge is 0.306 e. The molecule has 0 fully saturated rings. The van der Waals surface area contributed by atoms with Crippen molar-refractivity contribution in [3.05, 3.63) is 89.0 Å². The molecule has 0 aromatic heterocycles. The number of carbonyl (C=O) groups is 1. The maximum Gasteiger partial charge on any atom is 0.306 e. The van der Waals surface area contributed by atoms with Crippen molar-refractivity contribution in [1.82, 2.24) is 0 Å². The summed E-state index contributed by atoms with van der Waals surface area (Å²) >= 11 is 0. The highest BCUT2D eigenvalue weighted by atomic mass is 16.5. The molecule has 0 saturated heterocycles. The molecule has 2 aliphatic rings. The lowest BCUT2D eigenvalue weighted by atomic mass is 9.94. The summed E-state index contributed by atoms with van der Waals surface area (Å²) in [6.45, 7) is 6.36. The molecule has 0 spiro atoms. The number of esters is 1. The number of methoxy groups -OCH3 is 1. The first-order chi connectivity index (χ1) is 18.5. The van der Waals surface area contributed by atoms with Crippen LogP contribution < -0.4 is 14.2 Å². The van der Waals surface area contributed by atoms with Crippen LogP contribution in [-0.4, -0.2) is 39.0 Å². The fourth-order valence-electron chi connectivity index (χ4n) is 5.13. The minimum atomic E-state index is -0.231. The number of benzene rings is 3. The van der Waals surface area contributed by atoms with E-state index >= 15 is 0 Å². The molecular weight excluding hydrogens is 480 g/mol. The monoisotopic (exact) mass is 514 g/mol. The first-order valence-corrected chi connectivity index (χ1v) is 13.1. The Morgan fingerprint density at radius 3 is 2.58 bits per heavy atom. The van der Waals surface area contributed by atoms with Gasteiger partial charge in [-0.05, 0) is 72.4 Å². The van der Waals surface area contributed by atoms with E-state index in [2.05, 4.69) is 56.3 Å². The van der Waals surface area contributed by atoms with Gasteiger partial charge >= 0.3 is 5.97 Å². The van der Waals surface area contributed by atoms with Gasteiger partial charge in [-0.15, -0.1) is 0 Å². The van der Waals surface area contributed by atoms with Gasteiger partial charge in [0.25, 0.3) is 0 Å². The molecule has 6 heteroatoms. The maximum absolute atomic E-state index is 11.7. The van der Waals surface area contributed by atoms with Gasteiger partial charge in [0.05, 0.1) is 32.8 Å². The van der Waals surface area contributed by atoms with Crippen molar-refractivity contribution in [3.63, 3.8) is 0 Å². The van der Waals surface area contributed by atoms with Gasteiger partial charge in [0.2, 0.25) is 0 Å². The Morgan fingerprint density at radius 1 is 0.974 bits per heavy atom. The van der Waals surface area contributed by atoms with E-state index in [0.29, 0.717) is 32.8 Å². The molecule has 198 valence electrons. The van der Waals surface area contributed by atoms with E-state index in [1.165, 1.54) is 23.8 Å². The van der Waals surface area contributed by atoms with E-state index in [-0.39, 0.29) is 18.0 Å². The number of carbonyl (C=O) groups excluding carboxylic acids is 1. The third kappa shape index (κ3) is 6.03. The largest absolute Gasteiger partial charge is 0.492 e. The van der Waals surface area contributed by atoms with Crippen molar-refractivity contribution in [2.45, 2.75) is 45.3 Å². The normalized spacial score (nSPS) is 18.0. The molecular formula is C32H34O6. The number of fused-ring (bicyclic) bond motifs is 1. The van der Waals surface area contributed by atoms with Crippen molar-refractivity contribution in [2.24, 2.45) is 0 Å². The topological polar surface area (TPSA) is 63.2 Å². The van der Waals surface area contributed by atoms with E-state index in [9.17, 15) is 4.79 Å². The van der Waals surface area contributed by atoms with Crippen LogP contribution in [0.5, 0.6) is 17.2 Å². The molecule has 0 saturated carbocycles. The quantitative estimate of drug-likeness (QED) is 0.246. The molecule has 3 aromatic rings. The Morgan fingerprint density at radius 2 is 1.82 bits per heavy atom. The van der Waals surface area contributed by atoms with Crippen LogP contribution in [0.25, 0.3) is 11.1 Å². The van der Waals surface area contributed by atoms with Gasteiger partial charge in [-0.2, -0.15) is 0 Å². The van der Waals surface area contributed by atoms with Crippen molar-refractivity contribution in [3.8, 4) is 28.4 Å². The molecule has 5 rings (SSSR count). The Kier molecular flexibility index (Phi) is 7.99. The van der Waals surface area contributed by atoms with E-state index in [1.54, 1.807) is 0 Å². The molecule has 38 heavy (non-hydrogen) atoms. The average molecular weight is 515 g/mol. The number of rotatable bonds is 9. The molecule has 0 radical (unpaired) electrons. The molecule has 0 bridgehead atoms. The molecule has 0 aliphatic carbocycles. The zero-order valence-corrected chi connectivity index (χ0v) is 22.2. The second-order valence-electron chi connectivity index (χ2n) is 9.88. The van der Waals surface area contributed by atoms with Crippen LogP contribution in [0.1, 0.15) is 41.0 Å². The first-order valence-electron chi connectivity index (χ1n) is 13.1. The summed E-state index contributed by atoms with van der Waals surface area (Å²) in [6.07, 6.45) is 5.50. The van der Waals surface area contributed by atoms with Crippen LogP contribution >= 0.6 is 0 Å². The van der Waals surface area contributed by atoms with Gasteiger partial charge in [-0.1, -0.05) is 36.4 Å². The second-order valence-corrected chi connectivity index (χ2v) is 9.88. The average Bonchev–Trinajstić information content (AvgIpc) is 3.33. The van der Waals surface area contributed by atoms with Gasteiger partial charge in [0.15, 0.2) is 0 Å². The number of ether oxygens (including phenoxy) is 5. The number of hydrogen-bond donors (Lipinski definition) is 0. The summed E-state index contributed by atoms with van der Waals surface area (Å²) in [5, 5.41) is 0. The van der Waals surface area contributed by atoms with Crippen molar-refractivity contribution >= 4 is 5.97 Å². The van der Waals surface area contributed by atoms with E-state index in [1.807, 2.05) is 24.3 Å². The summed E-state index contributed by atoms with van der Waals surface area (Å²) in [7, 11) is 1.41. The maximum atomic E-state index is 11.7. The predicted molar refractivity (Wildman–Crippen MR) is 146 cm³/mol. The molecule has 6 nitrogen and oxygen atoms in total. The van der Waals surface area contributed by atoms with E-state index in [4.69, 9.17) is 23.7 Å². The molecule has 2 atom stereocenters. The Balaban J connectivity index is 1.24. The fraction of sp³-hybridized carbons (Fsp3) is 0.344. The van der Waals surface area contributed by atoms with Crippen LogP contribution in [0.15, 0.2) is 66.7 Å².